The molecule has 0 saturated carbocycles. The molecule has 1 aliphatic heterocycles. The van der Waals surface area contributed by atoms with Gasteiger partial charge >= 0.3 is 0 Å². The summed E-state index contributed by atoms with van der Waals surface area (Å²) in [6.07, 6.45) is 1.35. The van der Waals surface area contributed by atoms with Crippen LogP contribution in [-0.4, -0.2) is 41.1 Å². The summed E-state index contributed by atoms with van der Waals surface area (Å²) in [6.45, 7) is 3.74. The van der Waals surface area contributed by atoms with Crippen molar-refractivity contribution in [2.75, 3.05) is 19.6 Å². The van der Waals surface area contributed by atoms with Crippen LogP contribution in [0.3, 0.4) is 0 Å². The van der Waals surface area contributed by atoms with E-state index in [4.69, 9.17) is 0 Å². The SMILES string of the molecule is CC1(O)CCN(CC(=O)NCc2ccccc2F)CC1. The van der Waals surface area contributed by atoms with Crippen LogP contribution < -0.4 is 5.32 Å². The molecule has 1 saturated heterocycles. The second kappa shape index (κ2) is 6.33. The van der Waals surface area contributed by atoms with Gasteiger partial charge in [-0.2, -0.15) is 0 Å². The van der Waals surface area contributed by atoms with Gasteiger partial charge in [0.2, 0.25) is 5.91 Å². The molecule has 20 heavy (non-hydrogen) atoms. The van der Waals surface area contributed by atoms with Crippen LogP contribution in [0.5, 0.6) is 0 Å². The van der Waals surface area contributed by atoms with Crippen LogP contribution in [0.15, 0.2) is 24.3 Å². The van der Waals surface area contributed by atoms with Crippen LogP contribution in [0.4, 0.5) is 4.39 Å². The number of rotatable bonds is 4. The second-order valence-electron chi connectivity index (χ2n) is 5.64. The van der Waals surface area contributed by atoms with Crippen molar-refractivity contribution < 1.29 is 14.3 Å². The molecule has 0 unspecified atom stereocenters. The van der Waals surface area contributed by atoms with Crippen molar-refractivity contribution in [2.45, 2.75) is 31.9 Å². The van der Waals surface area contributed by atoms with Crippen molar-refractivity contribution in [1.82, 2.24) is 10.2 Å². The second-order valence-corrected chi connectivity index (χ2v) is 5.64. The molecule has 2 rings (SSSR count). The highest BCUT2D eigenvalue weighted by molar-refractivity contribution is 5.78. The molecule has 0 radical (unpaired) electrons. The van der Waals surface area contributed by atoms with Gasteiger partial charge in [-0.15, -0.1) is 0 Å². The number of nitrogens with one attached hydrogen (secondary N) is 1. The maximum atomic E-state index is 13.4. The fourth-order valence-electron chi connectivity index (χ4n) is 2.29. The number of hydrogen-bond acceptors (Lipinski definition) is 3. The average Bonchev–Trinajstić information content (AvgIpc) is 2.40. The van der Waals surface area contributed by atoms with Crippen molar-refractivity contribution in [3.8, 4) is 0 Å². The van der Waals surface area contributed by atoms with E-state index in [1.54, 1.807) is 18.2 Å². The average molecular weight is 280 g/mol. The summed E-state index contributed by atoms with van der Waals surface area (Å²) in [5.74, 6) is -0.420. The number of halogens is 1. The smallest absolute Gasteiger partial charge is 0.234 e. The summed E-state index contributed by atoms with van der Waals surface area (Å²) in [5, 5.41) is 12.6. The number of aliphatic hydroxyl groups is 1. The van der Waals surface area contributed by atoms with Crippen molar-refractivity contribution in [1.29, 1.82) is 0 Å². The third-order valence-electron chi connectivity index (χ3n) is 3.73. The lowest BCUT2D eigenvalue weighted by atomic mass is 9.94. The first kappa shape index (κ1) is 14.9. The zero-order valence-corrected chi connectivity index (χ0v) is 11.7. The van der Waals surface area contributed by atoms with Crippen LogP contribution >= 0.6 is 0 Å². The van der Waals surface area contributed by atoms with Gasteiger partial charge in [0.15, 0.2) is 0 Å². The van der Waals surface area contributed by atoms with E-state index in [0.717, 1.165) is 0 Å². The summed E-state index contributed by atoms with van der Waals surface area (Å²) in [6, 6.07) is 6.42. The first-order valence-corrected chi connectivity index (χ1v) is 6.91. The van der Waals surface area contributed by atoms with Gasteiger partial charge in [-0.3, -0.25) is 9.69 Å². The number of carbonyl (C=O) groups is 1. The number of hydrogen-bond donors (Lipinski definition) is 2. The maximum Gasteiger partial charge on any atom is 0.234 e. The van der Waals surface area contributed by atoms with E-state index in [-0.39, 0.29) is 18.3 Å². The van der Waals surface area contributed by atoms with Crippen molar-refractivity contribution >= 4 is 5.91 Å². The third-order valence-corrected chi connectivity index (χ3v) is 3.73. The van der Waals surface area contributed by atoms with Gasteiger partial charge in [-0.05, 0) is 25.8 Å². The third kappa shape index (κ3) is 4.28. The highest BCUT2D eigenvalue weighted by atomic mass is 19.1. The standard InChI is InChI=1S/C15H21FN2O2/c1-15(20)6-8-18(9-7-15)11-14(19)17-10-12-4-2-3-5-13(12)16/h2-5,20H,6-11H2,1H3,(H,17,19). The minimum Gasteiger partial charge on any atom is -0.390 e. The summed E-state index contributed by atoms with van der Waals surface area (Å²) < 4.78 is 13.4. The van der Waals surface area contributed by atoms with Gasteiger partial charge in [-0.1, -0.05) is 18.2 Å². The lowest BCUT2D eigenvalue weighted by Gasteiger charge is -2.35. The number of amides is 1. The Balaban J connectivity index is 1.75. The molecule has 110 valence electrons. The number of nitrogens with zero attached hydrogens (tertiary/aromatic N) is 1. The van der Waals surface area contributed by atoms with Gasteiger partial charge in [-0.25, -0.2) is 4.39 Å². The molecule has 1 heterocycles. The fourth-order valence-corrected chi connectivity index (χ4v) is 2.29. The largest absolute Gasteiger partial charge is 0.390 e. The van der Waals surface area contributed by atoms with Crippen molar-refractivity contribution in [2.24, 2.45) is 0 Å². The van der Waals surface area contributed by atoms with E-state index in [0.29, 0.717) is 38.0 Å². The quantitative estimate of drug-likeness (QED) is 0.874. The predicted molar refractivity (Wildman–Crippen MR) is 74.5 cm³/mol. The molecule has 0 bridgehead atoms. The zero-order chi connectivity index (χ0) is 14.6. The molecule has 5 heteroatoms. The minimum atomic E-state index is -0.611. The van der Waals surface area contributed by atoms with Crippen LogP contribution in [0.2, 0.25) is 0 Å². The van der Waals surface area contributed by atoms with Crippen molar-refractivity contribution in [3.63, 3.8) is 0 Å². The van der Waals surface area contributed by atoms with Crippen LogP contribution in [-0.2, 0) is 11.3 Å². The van der Waals surface area contributed by atoms with Crippen molar-refractivity contribution in [3.05, 3.63) is 35.6 Å². The highest BCUT2D eigenvalue weighted by Gasteiger charge is 2.27. The first-order valence-electron chi connectivity index (χ1n) is 6.91. The molecule has 1 aromatic carbocycles. The van der Waals surface area contributed by atoms with E-state index in [9.17, 15) is 14.3 Å². The Morgan fingerprint density at radius 3 is 2.70 bits per heavy atom. The first-order chi connectivity index (χ1) is 9.46. The molecule has 1 amide bonds. The molecule has 1 fully saturated rings. The normalized spacial score (nSPS) is 18.8. The minimum absolute atomic E-state index is 0.116. The van der Waals surface area contributed by atoms with Gasteiger partial charge in [0.25, 0.3) is 0 Å². The van der Waals surface area contributed by atoms with Gasteiger partial charge in [0.1, 0.15) is 5.82 Å². The lowest BCUT2D eigenvalue weighted by Crippen LogP contribution is -2.46. The Bertz CT molecular complexity index is 467. The Hall–Kier alpha value is -1.46. The molecule has 4 nitrogen and oxygen atoms in total. The Labute approximate surface area is 118 Å². The van der Waals surface area contributed by atoms with E-state index in [2.05, 4.69) is 5.32 Å². The van der Waals surface area contributed by atoms with Gasteiger partial charge in [0.05, 0.1) is 12.1 Å². The molecular formula is C15H21FN2O2. The van der Waals surface area contributed by atoms with Crippen LogP contribution in [0.1, 0.15) is 25.3 Å². The molecule has 0 aliphatic carbocycles. The number of carbonyl (C=O) groups excluding carboxylic acids is 1. The van der Waals surface area contributed by atoms with Gasteiger partial charge in [0, 0.05) is 25.2 Å². The van der Waals surface area contributed by atoms with E-state index < -0.39 is 5.60 Å². The fraction of sp³-hybridized carbons (Fsp3) is 0.533. The summed E-state index contributed by atoms with van der Waals surface area (Å²) in [4.78, 5) is 13.8. The highest BCUT2D eigenvalue weighted by Crippen LogP contribution is 2.20. The predicted octanol–water partition coefficient (Wildman–Crippen LogP) is 1.29. The van der Waals surface area contributed by atoms with Gasteiger partial charge < -0.3 is 10.4 Å². The van der Waals surface area contributed by atoms with E-state index in [1.165, 1.54) is 6.07 Å². The Kier molecular flexibility index (Phi) is 4.73. The summed E-state index contributed by atoms with van der Waals surface area (Å²) in [5.41, 5.74) is -0.123. The Morgan fingerprint density at radius 2 is 2.05 bits per heavy atom. The summed E-state index contributed by atoms with van der Waals surface area (Å²) in [7, 11) is 0. The molecule has 2 N–H and O–H groups in total. The molecule has 0 atom stereocenters. The van der Waals surface area contributed by atoms with Crippen LogP contribution in [0.25, 0.3) is 0 Å². The summed E-state index contributed by atoms with van der Waals surface area (Å²) >= 11 is 0. The number of piperidine rings is 1. The molecular weight excluding hydrogens is 259 g/mol. The molecule has 0 spiro atoms. The van der Waals surface area contributed by atoms with E-state index >= 15 is 0 Å². The lowest BCUT2D eigenvalue weighted by molar-refractivity contribution is -0.123. The number of benzene rings is 1. The maximum absolute atomic E-state index is 13.4. The Morgan fingerprint density at radius 1 is 1.40 bits per heavy atom. The molecule has 1 aliphatic rings. The van der Waals surface area contributed by atoms with E-state index in [1.807, 2.05) is 11.8 Å². The molecule has 0 aromatic heterocycles. The van der Waals surface area contributed by atoms with Crippen LogP contribution in [0, 0.1) is 5.82 Å². The topological polar surface area (TPSA) is 52.6 Å². The zero-order valence-electron chi connectivity index (χ0n) is 11.7. The monoisotopic (exact) mass is 280 g/mol. The molecule has 1 aromatic rings. The number of likely N-dealkylation sites (tertiary alicyclic amines) is 1.